The third kappa shape index (κ3) is 3.95. The Labute approximate surface area is 167 Å². The summed E-state index contributed by atoms with van der Waals surface area (Å²) in [6, 6.07) is 19.4. The van der Waals surface area contributed by atoms with E-state index in [9.17, 15) is 0 Å². The Morgan fingerprint density at radius 3 is 2.67 bits per heavy atom. The van der Waals surface area contributed by atoms with Crippen LogP contribution in [0.3, 0.4) is 0 Å². The van der Waals surface area contributed by atoms with E-state index >= 15 is 0 Å². The Balaban J connectivity index is 0.00000210. The van der Waals surface area contributed by atoms with Gasteiger partial charge in [0.2, 0.25) is 0 Å². The number of nitrogens with zero attached hydrogens (tertiary/aromatic N) is 2. The van der Waals surface area contributed by atoms with Crippen LogP contribution >= 0.6 is 12.4 Å². The van der Waals surface area contributed by atoms with Gasteiger partial charge in [-0.1, -0.05) is 30.3 Å². The minimum Gasteiger partial charge on any atom is -0.497 e. The molecule has 1 aliphatic rings. The molecule has 2 unspecified atom stereocenters. The third-order valence-corrected chi connectivity index (χ3v) is 5.45. The predicted octanol–water partition coefficient (Wildman–Crippen LogP) is 4.92. The van der Waals surface area contributed by atoms with E-state index in [2.05, 4.69) is 67.5 Å². The van der Waals surface area contributed by atoms with E-state index in [0.717, 1.165) is 24.2 Å². The molecule has 0 radical (unpaired) electrons. The lowest BCUT2D eigenvalue weighted by molar-refractivity contribution is 0.280. The Bertz CT molecular complexity index is 925. The first-order chi connectivity index (χ1) is 12.7. The molecule has 0 bridgehead atoms. The van der Waals surface area contributed by atoms with Crippen LogP contribution in [0.2, 0.25) is 0 Å². The van der Waals surface area contributed by atoms with E-state index in [1.807, 2.05) is 6.07 Å². The summed E-state index contributed by atoms with van der Waals surface area (Å²) < 4.78 is 5.49. The fourth-order valence-electron chi connectivity index (χ4n) is 4.34. The van der Waals surface area contributed by atoms with Crippen LogP contribution in [0.5, 0.6) is 5.75 Å². The van der Waals surface area contributed by atoms with E-state index in [4.69, 9.17) is 9.72 Å². The summed E-state index contributed by atoms with van der Waals surface area (Å²) >= 11 is 0. The number of para-hydroxylation sites is 1. The van der Waals surface area contributed by atoms with E-state index in [1.165, 1.54) is 28.6 Å². The van der Waals surface area contributed by atoms with Crippen LogP contribution in [0, 0.1) is 5.92 Å². The van der Waals surface area contributed by atoms with Crippen molar-refractivity contribution in [1.82, 2.24) is 9.88 Å². The second kappa shape index (κ2) is 8.28. The van der Waals surface area contributed by atoms with Crippen molar-refractivity contribution in [2.24, 2.45) is 5.92 Å². The van der Waals surface area contributed by atoms with Crippen molar-refractivity contribution in [3.63, 3.8) is 0 Å². The molecule has 1 heterocycles. The van der Waals surface area contributed by atoms with Gasteiger partial charge in [0.15, 0.2) is 0 Å². The summed E-state index contributed by atoms with van der Waals surface area (Å²) in [6.07, 6.45) is 2.22. The average Bonchev–Trinajstić information content (AvgIpc) is 2.66. The molecule has 1 aliphatic carbocycles. The molecule has 1 aromatic heterocycles. The van der Waals surface area contributed by atoms with Gasteiger partial charge < -0.3 is 9.64 Å². The number of fused-ring (bicyclic) bond motifs is 2. The van der Waals surface area contributed by atoms with E-state index in [0.29, 0.717) is 11.8 Å². The second-order valence-corrected chi connectivity index (χ2v) is 7.53. The molecule has 27 heavy (non-hydrogen) atoms. The number of methoxy groups -OCH3 is 1. The van der Waals surface area contributed by atoms with Crippen LogP contribution in [0.25, 0.3) is 10.9 Å². The van der Waals surface area contributed by atoms with Gasteiger partial charge in [-0.3, -0.25) is 4.98 Å². The van der Waals surface area contributed by atoms with Crippen molar-refractivity contribution in [3.8, 4) is 5.75 Å². The fraction of sp³-hybridized carbons (Fsp3) is 0.348. The summed E-state index contributed by atoms with van der Waals surface area (Å²) in [7, 11) is 6.06. The SMILES string of the molecule is COc1cccc(C2c3cc4ccccc4nc3CCC2CN(C)C)c1.Cl. The van der Waals surface area contributed by atoms with Crippen molar-refractivity contribution >= 4 is 23.3 Å². The molecule has 4 heteroatoms. The molecule has 3 aromatic rings. The molecule has 0 aliphatic heterocycles. The lowest BCUT2D eigenvalue weighted by atomic mass is 9.73. The molecule has 0 saturated carbocycles. The maximum atomic E-state index is 5.49. The van der Waals surface area contributed by atoms with Gasteiger partial charge in [0.1, 0.15) is 5.75 Å². The quantitative estimate of drug-likeness (QED) is 0.640. The van der Waals surface area contributed by atoms with Crippen molar-refractivity contribution in [2.75, 3.05) is 27.7 Å². The minimum absolute atomic E-state index is 0. The smallest absolute Gasteiger partial charge is 0.119 e. The van der Waals surface area contributed by atoms with Gasteiger partial charge in [-0.2, -0.15) is 0 Å². The zero-order valence-electron chi connectivity index (χ0n) is 16.2. The third-order valence-electron chi connectivity index (χ3n) is 5.45. The first-order valence-electron chi connectivity index (χ1n) is 9.33. The Hall–Kier alpha value is -2.10. The van der Waals surface area contributed by atoms with Crippen LogP contribution in [0.15, 0.2) is 54.6 Å². The Morgan fingerprint density at radius 1 is 1.07 bits per heavy atom. The lowest BCUT2D eigenvalue weighted by Crippen LogP contribution is -2.31. The van der Waals surface area contributed by atoms with Gasteiger partial charge in [0.25, 0.3) is 0 Å². The molecule has 4 rings (SSSR count). The number of hydrogen-bond acceptors (Lipinski definition) is 3. The highest BCUT2D eigenvalue weighted by Gasteiger charge is 2.32. The van der Waals surface area contributed by atoms with Crippen LogP contribution in [0.1, 0.15) is 29.2 Å². The van der Waals surface area contributed by atoms with Gasteiger partial charge in [-0.25, -0.2) is 0 Å². The molecule has 0 spiro atoms. The van der Waals surface area contributed by atoms with Crippen molar-refractivity contribution in [2.45, 2.75) is 18.8 Å². The molecule has 142 valence electrons. The first-order valence-corrected chi connectivity index (χ1v) is 9.33. The fourth-order valence-corrected chi connectivity index (χ4v) is 4.34. The molecular formula is C23H27ClN2O. The Kier molecular flexibility index (Phi) is 6.03. The number of pyridine rings is 1. The number of benzene rings is 2. The van der Waals surface area contributed by atoms with Crippen molar-refractivity contribution in [1.29, 1.82) is 0 Å². The highest BCUT2D eigenvalue weighted by atomic mass is 35.5. The largest absolute Gasteiger partial charge is 0.497 e. The molecule has 0 saturated heterocycles. The number of hydrogen-bond donors (Lipinski definition) is 0. The summed E-state index contributed by atoms with van der Waals surface area (Å²) in [5.41, 5.74) is 5.07. The molecule has 0 N–H and O–H groups in total. The number of ether oxygens (including phenoxy) is 1. The number of aromatic nitrogens is 1. The van der Waals surface area contributed by atoms with E-state index in [1.54, 1.807) is 7.11 Å². The van der Waals surface area contributed by atoms with Gasteiger partial charge in [0.05, 0.1) is 12.6 Å². The maximum absolute atomic E-state index is 5.49. The van der Waals surface area contributed by atoms with Crippen LogP contribution in [0.4, 0.5) is 0 Å². The minimum atomic E-state index is 0. The average molecular weight is 383 g/mol. The summed E-state index contributed by atoms with van der Waals surface area (Å²) in [4.78, 5) is 7.31. The topological polar surface area (TPSA) is 25.4 Å². The van der Waals surface area contributed by atoms with Crippen molar-refractivity contribution < 1.29 is 4.74 Å². The van der Waals surface area contributed by atoms with E-state index in [-0.39, 0.29) is 12.4 Å². The standard InChI is InChI=1S/C23H26N2O.ClH/c1-25(2)15-18-11-12-22-20(14-16-7-4-5-10-21(16)24-22)23(18)17-8-6-9-19(13-17)26-3;/h4-10,13-14,18,23H,11-12,15H2,1-3H3;1H. The highest BCUT2D eigenvalue weighted by molar-refractivity contribution is 5.85. The zero-order chi connectivity index (χ0) is 18.1. The van der Waals surface area contributed by atoms with Crippen LogP contribution < -0.4 is 4.74 Å². The number of aryl methyl sites for hydroxylation is 1. The van der Waals surface area contributed by atoms with Gasteiger partial charge in [-0.15, -0.1) is 12.4 Å². The molecule has 0 amide bonds. The molecule has 2 aromatic carbocycles. The summed E-state index contributed by atoms with van der Waals surface area (Å²) in [6.45, 7) is 1.08. The molecule has 0 fully saturated rings. The molecule has 2 atom stereocenters. The monoisotopic (exact) mass is 382 g/mol. The van der Waals surface area contributed by atoms with E-state index < -0.39 is 0 Å². The van der Waals surface area contributed by atoms with Gasteiger partial charge >= 0.3 is 0 Å². The second-order valence-electron chi connectivity index (χ2n) is 7.53. The maximum Gasteiger partial charge on any atom is 0.119 e. The number of rotatable bonds is 4. The summed E-state index contributed by atoms with van der Waals surface area (Å²) in [5, 5.41) is 1.23. The predicted molar refractivity (Wildman–Crippen MR) is 114 cm³/mol. The normalized spacial score (nSPS) is 18.8. The van der Waals surface area contributed by atoms with Crippen LogP contribution in [-0.2, 0) is 6.42 Å². The van der Waals surface area contributed by atoms with Crippen LogP contribution in [-0.4, -0.2) is 37.6 Å². The van der Waals surface area contributed by atoms with Crippen molar-refractivity contribution in [3.05, 3.63) is 71.4 Å². The van der Waals surface area contributed by atoms with Gasteiger partial charge in [-0.05, 0) is 68.2 Å². The lowest BCUT2D eigenvalue weighted by Gasteiger charge is -2.35. The van der Waals surface area contributed by atoms with Gasteiger partial charge in [0, 0.05) is 23.5 Å². The molecule has 3 nitrogen and oxygen atoms in total. The first kappa shape index (κ1) is 19.7. The zero-order valence-corrected chi connectivity index (χ0v) is 17.0. The highest BCUT2D eigenvalue weighted by Crippen LogP contribution is 2.42. The molecular weight excluding hydrogens is 356 g/mol. The number of halogens is 1. The summed E-state index contributed by atoms with van der Waals surface area (Å²) in [5.74, 6) is 1.85. The Morgan fingerprint density at radius 2 is 1.89 bits per heavy atom.